The van der Waals surface area contributed by atoms with Gasteiger partial charge in [0.1, 0.15) is 11.5 Å². The first-order valence-electron chi connectivity index (χ1n) is 12.8. The van der Waals surface area contributed by atoms with E-state index in [1.165, 1.54) is 29.7 Å². The van der Waals surface area contributed by atoms with Gasteiger partial charge in [0.25, 0.3) is 10.0 Å². The van der Waals surface area contributed by atoms with Crippen molar-refractivity contribution in [3.63, 3.8) is 0 Å². The summed E-state index contributed by atoms with van der Waals surface area (Å²) in [6.45, 7) is 2.81. The van der Waals surface area contributed by atoms with Crippen molar-refractivity contribution in [2.24, 2.45) is 7.05 Å². The summed E-state index contributed by atoms with van der Waals surface area (Å²) in [6, 6.07) is 7.98. The van der Waals surface area contributed by atoms with Gasteiger partial charge in [0, 0.05) is 61.9 Å². The molecule has 0 saturated carbocycles. The molecular formula is C26H28N10O2S2. The average Bonchev–Trinajstić information content (AvgIpc) is 3.25. The standard InChI is InChI=1S/C26H28N10O2S2/c1-34-20-6-3-2-5-19(20)21-22(34)31-24(27)32-23(21)35-13-15-36(16-14-35)26(39)30-17-7-9-18(10-8-17)40(37,38)33-25-28-11-4-12-29-25/h4-12H,2-3,13-16H2,1H3,(H,30,39)(H2,27,31,32)(H,28,29,33). The summed E-state index contributed by atoms with van der Waals surface area (Å²) < 4.78 is 29.7. The number of nitrogens with two attached hydrogens (primary N) is 1. The predicted octanol–water partition coefficient (Wildman–Crippen LogP) is 1.02. The number of anilines is 4. The van der Waals surface area contributed by atoms with Gasteiger partial charge in [-0.1, -0.05) is 12.2 Å². The lowest BCUT2D eigenvalue weighted by atomic mass is 10.1. The van der Waals surface area contributed by atoms with E-state index in [2.05, 4.69) is 56.5 Å². The fraction of sp³-hybridized carbons (Fsp3) is 0.269. The van der Waals surface area contributed by atoms with E-state index in [-0.39, 0.29) is 16.8 Å². The Labute approximate surface area is 236 Å². The minimum atomic E-state index is -3.81. The molecular weight excluding hydrogens is 548 g/mol. The number of sulfonamides is 1. The summed E-state index contributed by atoms with van der Waals surface area (Å²) in [5, 5.41) is 7.17. The monoisotopic (exact) mass is 576 g/mol. The van der Waals surface area contributed by atoms with Crippen LogP contribution in [0, 0.1) is 0 Å². The normalized spacial score (nSPS) is 15.2. The molecule has 0 atom stereocenters. The number of fused-ring (bicyclic) bond motifs is 3. The Kier molecular flexibility index (Phi) is 6.72. The molecule has 4 aromatic rings. The van der Waals surface area contributed by atoms with Gasteiger partial charge in [-0.05, 0) is 55.4 Å². The molecule has 40 heavy (non-hydrogen) atoms. The lowest BCUT2D eigenvalue weighted by Crippen LogP contribution is -2.50. The van der Waals surface area contributed by atoms with E-state index in [0.717, 1.165) is 35.0 Å². The Hall–Kier alpha value is -4.30. The van der Waals surface area contributed by atoms with Gasteiger partial charge < -0.3 is 25.4 Å². The van der Waals surface area contributed by atoms with Crippen LogP contribution < -0.4 is 31.2 Å². The third kappa shape index (κ3) is 4.91. The molecule has 2 aliphatic rings. The van der Waals surface area contributed by atoms with Crippen LogP contribution in [0.4, 0.5) is 23.4 Å². The molecule has 3 aromatic heterocycles. The number of rotatable bonds is 5. The van der Waals surface area contributed by atoms with Crippen LogP contribution in [-0.4, -0.2) is 69.1 Å². The molecule has 0 radical (unpaired) electrons. The molecule has 12 nitrogen and oxygen atoms in total. The van der Waals surface area contributed by atoms with E-state index >= 15 is 0 Å². The molecule has 206 valence electrons. The molecule has 1 aliphatic carbocycles. The zero-order chi connectivity index (χ0) is 27.9. The summed E-state index contributed by atoms with van der Waals surface area (Å²) >= 11 is 5.68. The van der Waals surface area contributed by atoms with E-state index in [9.17, 15) is 8.42 Å². The molecule has 1 aliphatic heterocycles. The third-order valence-corrected chi connectivity index (χ3v) is 8.74. The summed E-state index contributed by atoms with van der Waals surface area (Å²) in [4.78, 5) is 21.4. The molecule has 0 amide bonds. The van der Waals surface area contributed by atoms with E-state index in [0.29, 0.717) is 37.0 Å². The van der Waals surface area contributed by atoms with Crippen molar-refractivity contribution in [2.75, 3.05) is 46.9 Å². The Balaban J connectivity index is 1.13. The largest absolute Gasteiger partial charge is 0.368 e. The maximum atomic E-state index is 12.6. The number of hydrogen-bond acceptors (Lipinski definition) is 9. The van der Waals surface area contributed by atoms with Crippen molar-refractivity contribution in [1.29, 1.82) is 0 Å². The lowest BCUT2D eigenvalue weighted by molar-refractivity contribution is 0.390. The van der Waals surface area contributed by atoms with Gasteiger partial charge in [0.05, 0.1) is 10.3 Å². The smallest absolute Gasteiger partial charge is 0.264 e. The fourth-order valence-corrected chi connectivity index (χ4v) is 6.32. The van der Waals surface area contributed by atoms with Crippen LogP contribution in [0.1, 0.15) is 12.8 Å². The summed E-state index contributed by atoms with van der Waals surface area (Å²) in [7, 11) is -1.79. The minimum absolute atomic E-state index is 0.0130. The van der Waals surface area contributed by atoms with Gasteiger partial charge >= 0.3 is 0 Å². The number of thiocarbonyl (C=S) groups is 1. The van der Waals surface area contributed by atoms with Crippen molar-refractivity contribution in [1.82, 2.24) is 29.4 Å². The number of piperazine rings is 1. The van der Waals surface area contributed by atoms with Crippen molar-refractivity contribution >= 4 is 73.9 Å². The number of aromatic nitrogens is 5. The Morgan fingerprint density at radius 3 is 2.42 bits per heavy atom. The van der Waals surface area contributed by atoms with Crippen LogP contribution in [0.3, 0.4) is 0 Å². The molecule has 1 saturated heterocycles. The van der Waals surface area contributed by atoms with E-state index in [1.807, 2.05) is 7.05 Å². The van der Waals surface area contributed by atoms with Gasteiger partial charge in [-0.15, -0.1) is 0 Å². The van der Waals surface area contributed by atoms with Crippen LogP contribution in [0.5, 0.6) is 0 Å². The zero-order valence-corrected chi connectivity index (χ0v) is 23.4. The highest BCUT2D eigenvalue weighted by atomic mass is 32.2. The van der Waals surface area contributed by atoms with E-state index in [4.69, 9.17) is 18.0 Å². The number of benzene rings is 1. The molecule has 1 fully saturated rings. The summed E-state index contributed by atoms with van der Waals surface area (Å²) in [5.74, 6) is 1.13. The van der Waals surface area contributed by atoms with Crippen molar-refractivity contribution < 1.29 is 8.42 Å². The summed E-state index contributed by atoms with van der Waals surface area (Å²) in [6.07, 6.45) is 9.45. The van der Waals surface area contributed by atoms with Crippen molar-refractivity contribution in [2.45, 2.75) is 17.7 Å². The van der Waals surface area contributed by atoms with Gasteiger partial charge in [-0.3, -0.25) is 0 Å². The molecule has 4 N–H and O–H groups in total. The topological polar surface area (TPSA) is 147 Å². The van der Waals surface area contributed by atoms with Gasteiger partial charge in [0.2, 0.25) is 11.9 Å². The number of nitrogens with one attached hydrogen (secondary N) is 2. The van der Waals surface area contributed by atoms with Crippen molar-refractivity contribution in [3.05, 3.63) is 53.3 Å². The molecule has 14 heteroatoms. The molecule has 0 bridgehead atoms. The van der Waals surface area contributed by atoms with Gasteiger partial charge in [-0.2, -0.15) is 9.97 Å². The zero-order valence-electron chi connectivity index (χ0n) is 21.8. The Bertz CT molecular complexity index is 1820. The Morgan fingerprint density at radius 1 is 1.00 bits per heavy atom. The Morgan fingerprint density at radius 2 is 1.70 bits per heavy atom. The average molecular weight is 577 g/mol. The number of nitrogen functional groups attached to an aromatic ring is 1. The molecule has 6 rings (SSSR count). The van der Waals surface area contributed by atoms with Crippen LogP contribution in [0.25, 0.3) is 23.2 Å². The van der Waals surface area contributed by atoms with Crippen LogP contribution in [0.2, 0.25) is 0 Å². The molecule has 1 aromatic carbocycles. The first kappa shape index (κ1) is 26.0. The number of hydrogen-bond donors (Lipinski definition) is 3. The summed E-state index contributed by atoms with van der Waals surface area (Å²) in [5.41, 5.74) is 7.66. The number of aryl methyl sites for hydroxylation is 1. The highest BCUT2D eigenvalue weighted by Gasteiger charge is 2.24. The highest BCUT2D eigenvalue weighted by molar-refractivity contribution is 7.92. The first-order valence-corrected chi connectivity index (χ1v) is 14.7. The highest BCUT2D eigenvalue weighted by Crippen LogP contribution is 2.24. The van der Waals surface area contributed by atoms with Crippen molar-refractivity contribution in [3.8, 4) is 0 Å². The SMILES string of the molecule is Cn1c2c(c3c(N4CCN(C(=S)Nc5ccc(S(=O)(=O)Nc6ncccn6)cc5)CC4)nc(N)nc31)=CCCC=2. The van der Waals surface area contributed by atoms with E-state index in [1.54, 1.807) is 18.2 Å². The minimum Gasteiger partial charge on any atom is -0.368 e. The predicted molar refractivity (Wildman–Crippen MR) is 160 cm³/mol. The van der Waals surface area contributed by atoms with E-state index < -0.39 is 10.0 Å². The fourth-order valence-electron chi connectivity index (χ4n) is 5.06. The first-order chi connectivity index (χ1) is 19.3. The second kappa shape index (κ2) is 10.4. The number of nitrogens with zero attached hydrogens (tertiary/aromatic N) is 7. The third-order valence-electron chi connectivity index (χ3n) is 7.04. The maximum absolute atomic E-state index is 12.6. The molecule has 0 unspecified atom stereocenters. The molecule has 4 heterocycles. The second-order valence-electron chi connectivity index (χ2n) is 9.55. The van der Waals surface area contributed by atoms with Crippen LogP contribution >= 0.6 is 12.2 Å². The van der Waals surface area contributed by atoms with Gasteiger partial charge in [0.15, 0.2) is 5.11 Å². The van der Waals surface area contributed by atoms with Crippen LogP contribution in [0.15, 0.2) is 47.6 Å². The molecule has 0 spiro atoms. The maximum Gasteiger partial charge on any atom is 0.264 e. The van der Waals surface area contributed by atoms with Gasteiger partial charge in [-0.25, -0.2) is 23.1 Å². The quantitative estimate of drug-likeness (QED) is 0.293. The second-order valence-corrected chi connectivity index (χ2v) is 11.6. The van der Waals surface area contributed by atoms with Crippen LogP contribution in [-0.2, 0) is 17.1 Å². The lowest BCUT2D eigenvalue weighted by Gasteiger charge is -2.37.